The van der Waals surface area contributed by atoms with Gasteiger partial charge < -0.3 is 15.4 Å². The molecular formula is C8H17ClN2O2. The van der Waals surface area contributed by atoms with Gasteiger partial charge in [0.25, 0.3) is 0 Å². The van der Waals surface area contributed by atoms with E-state index in [9.17, 15) is 4.79 Å². The van der Waals surface area contributed by atoms with E-state index in [2.05, 4.69) is 10.6 Å². The van der Waals surface area contributed by atoms with E-state index in [0.717, 1.165) is 25.9 Å². The smallest absolute Gasteiger partial charge is 0.407 e. The van der Waals surface area contributed by atoms with E-state index in [1.165, 1.54) is 0 Å². The molecule has 4 nitrogen and oxygen atoms in total. The molecule has 0 aromatic rings. The lowest BCUT2D eigenvalue weighted by Gasteiger charge is -2.22. The van der Waals surface area contributed by atoms with E-state index < -0.39 is 0 Å². The van der Waals surface area contributed by atoms with Gasteiger partial charge in [0, 0.05) is 6.04 Å². The fourth-order valence-electron chi connectivity index (χ4n) is 1.31. The average molecular weight is 209 g/mol. The monoisotopic (exact) mass is 208 g/mol. The number of nitrogens with one attached hydrogen (secondary N) is 2. The second kappa shape index (κ2) is 6.97. The number of alkyl carbamates (subject to hydrolysis) is 1. The molecule has 1 saturated heterocycles. The minimum atomic E-state index is -0.288. The Kier molecular flexibility index (Phi) is 6.72. The van der Waals surface area contributed by atoms with E-state index in [1.54, 1.807) is 0 Å². The van der Waals surface area contributed by atoms with Gasteiger partial charge in [-0.3, -0.25) is 0 Å². The number of piperidine rings is 1. The number of ether oxygens (including phenoxy) is 1. The fraction of sp³-hybridized carbons (Fsp3) is 0.875. The molecule has 0 aromatic heterocycles. The maximum absolute atomic E-state index is 11.0. The number of rotatable bonds is 2. The Balaban J connectivity index is 0.00000144. The minimum absolute atomic E-state index is 0. The highest BCUT2D eigenvalue weighted by molar-refractivity contribution is 5.85. The fourth-order valence-corrected chi connectivity index (χ4v) is 1.31. The van der Waals surface area contributed by atoms with Crippen molar-refractivity contribution in [1.29, 1.82) is 0 Å². The maximum atomic E-state index is 11.0. The van der Waals surface area contributed by atoms with Crippen LogP contribution in [0.2, 0.25) is 0 Å². The Hall–Kier alpha value is -0.480. The lowest BCUT2D eigenvalue weighted by Crippen LogP contribution is -2.42. The lowest BCUT2D eigenvalue weighted by atomic mass is 10.1. The third-order valence-corrected chi connectivity index (χ3v) is 1.94. The summed E-state index contributed by atoms with van der Waals surface area (Å²) in [4.78, 5) is 11.0. The lowest BCUT2D eigenvalue weighted by molar-refractivity contribution is 0.145. The zero-order valence-corrected chi connectivity index (χ0v) is 8.65. The van der Waals surface area contributed by atoms with Crippen LogP contribution in [0.1, 0.15) is 19.8 Å². The SMILES string of the molecule is CCOC(=O)NC1CCNCC1.Cl. The number of carbonyl (C=O) groups is 1. The summed E-state index contributed by atoms with van der Waals surface area (Å²) < 4.78 is 4.77. The molecule has 0 spiro atoms. The Morgan fingerprint density at radius 3 is 2.69 bits per heavy atom. The molecule has 1 aliphatic heterocycles. The molecular weight excluding hydrogens is 192 g/mol. The largest absolute Gasteiger partial charge is 0.450 e. The summed E-state index contributed by atoms with van der Waals surface area (Å²) in [6, 6.07) is 0.297. The first-order valence-corrected chi connectivity index (χ1v) is 4.47. The Labute approximate surface area is 84.8 Å². The van der Waals surface area contributed by atoms with E-state index in [4.69, 9.17) is 4.74 Å². The zero-order valence-electron chi connectivity index (χ0n) is 7.84. The average Bonchev–Trinajstić information content (AvgIpc) is 2.06. The molecule has 0 saturated carbocycles. The van der Waals surface area contributed by atoms with Crippen molar-refractivity contribution in [3.05, 3.63) is 0 Å². The Morgan fingerprint density at radius 2 is 2.15 bits per heavy atom. The van der Waals surface area contributed by atoms with Crippen molar-refractivity contribution in [2.24, 2.45) is 0 Å². The molecule has 5 heteroatoms. The highest BCUT2D eigenvalue weighted by atomic mass is 35.5. The van der Waals surface area contributed by atoms with Crippen LogP contribution in [0.3, 0.4) is 0 Å². The first-order chi connectivity index (χ1) is 5.83. The number of amides is 1. The second-order valence-electron chi connectivity index (χ2n) is 2.89. The molecule has 78 valence electrons. The maximum Gasteiger partial charge on any atom is 0.407 e. The van der Waals surface area contributed by atoms with Gasteiger partial charge in [-0.25, -0.2) is 4.79 Å². The number of hydrogen-bond donors (Lipinski definition) is 2. The van der Waals surface area contributed by atoms with Crippen LogP contribution < -0.4 is 10.6 Å². The normalized spacial score (nSPS) is 17.3. The van der Waals surface area contributed by atoms with E-state index in [1.807, 2.05) is 6.92 Å². The van der Waals surface area contributed by atoms with Crippen molar-refractivity contribution in [2.75, 3.05) is 19.7 Å². The summed E-state index contributed by atoms with van der Waals surface area (Å²) in [6.45, 7) is 4.22. The summed E-state index contributed by atoms with van der Waals surface area (Å²) in [6.07, 6.45) is 1.71. The van der Waals surface area contributed by atoms with Crippen molar-refractivity contribution >= 4 is 18.5 Å². The summed E-state index contributed by atoms with van der Waals surface area (Å²) in [7, 11) is 0. The molecule has 0 bridgehead atoms. The van der Waals surface area contributed by atoms with Crippen molar-refractivity contribution in [2.45, 2.75) is 25.8 Å². The van der Waals surface area contributed by atoms with Gasteiger partial charge in [0.05, 0.1) is 6.61 Å². The minimum Gasteiger partial charge on any atom is -0.450 e. The van der Waals surface area contributed by atoms with Gasteiger partial charge in [-0.15, -0.1) is 12.4 Å². The van der Waals surface area contributed by atoms with Gasteiger partial charge in [0.15, 0.2) is 0 Å². The van der Waals surface area contributed by atoms with Crippen LogP contribution in [0.25, 0.3) is 0 Å². The predicted molar refractivity (Wildman–Crippen MR) is 53.3 cm³/mol. The van der Waals surface area contributed by atoms with Gasteiger partial charge >= 0.3 is 6.09 Å². The summed E-state index contributed by atoms with van der Waals surface area (Å²) in [5, 5.41) is 6.05. The molecule has 1 fully saturated rings. The van der Waals surface area contributed by atoms with Crippen LogP contribution in [0.4, 0.5) is 4.79 Å². The third kappa shape index (κ3) is 4.95. The third-order valence-electron chi connectivity index (χ3n) is 1.94. The van der Waals surface area contributed by atoms with Crippen LogP contribution >= 0.6 is 12.4 Å². The van der Waals surface area contributed by atoms with Gasteiger partial charge in [-0.2, -0.15) is 0 Å². The van der Waals surface area contributed by atoms with Crippen molar-refractivity contribution in [3.63, 3.8) is 0 Å². The second-order valence-corrected chi connectivity index (χ2v) is 2.89. The Morgan fingerprint density at radius 1 is 1.54 bits per heavy atom. The van der Waals surface area contributed by atoms with Crippen LogP contribution in [0.5, 0.6) is 0 Å². The zero-order chi connectivity index (χ0) is 8.81. The first-order valence-electron chi connectivity index (χ1n) is 4.47. The molecule has 0 unspecified atom stereocenters. The highest BCUT2D eigenvalue weighted by Crippen LogP contribution is 2.01. The summed E-state index contributed by atoms with van der Waals surface area (Å²) in [5.74, 6) is 0. The number of halogens is 1. The van der Waals surface area contributed by atoms with Gasteiger partial charge in [-0.05, 0) is 32.9 Å². The van der Waals surface area contributed by atoms with Gasteiger partial charge in [-0.1, -0.05) is 0 Å². The van der Waals surface area contributed by atoms with Gasteiger partial charge in [0.1, 0.15) is 0 Å². The highest BCUT2D eigenvalue weighted by Gasteiger charge is 2.15. The van der Waals surface area contributed by atoms with E-state index in [-0.39, 0.29) is 18.5 Å². The molecule has 0 radical (unpaired) electrons. The molecule has 0 atom stereocenters. The molecule has 1 aliphatic rings. The van der Waals surface area contributed by atoms with E-state index in [0.29, 0.717) is 12.6 Å². The van der Waals surface area contributed by atoms with Crippen molar-refractivity contribution in [1.82, 2.24) is 10.6 Å². The molecule has 1 rings (SSSR count). The van der Waals surface area contributed by atoms with E-state index >= 15 is 0 Å². The molecule has 13 heavy (non-hydrogen) atoms. The molecule has 0 aliphatic carbocycles. The summed E-state index contributed by atoms with van der Waals surface area (Å²) in [5.41, 5.74) is 0. The molecule has 1 amide bonds. The van der Waals surface area contributed by atoms with Crippen LogP contribution in [-0.4, -0.2) is 31.8 Å². The van der Waals surface area contributed by atoms with Crippen molar-refractivity contribution < 1.29 is 9.53 Å². The molecule has 2 N–H and O–H groups in total. The topological polar surface area (TPSA) is 50.4 Å². The standard InChI is InChI=1S/C8H16N2O2.ClH/c1-2-12-8(11)10-7-3-5-9-6-4-7;/h7,9H,2-6H2,1H3,(H,10,11);1H. The summed E-state index contributed by atoms with van der Waals surface area (Å²) >= 11 is 0. The molecule has 1 heterocycles. The van der Waals surface area contributed by atoms with Crippen LogP contribution in [0.15, 0.2) is 0 Å². The van der Waals surface area contributed by atoms with Crippen molar-refractivity contribution in [3.8, 4) is 0 Å². The first kappa shape index (κ1) is 12.5. The van der Waals surface area contributed by atoms with Gasteiger partial charge in [0.2, 0.25) is 0 Å². The quantitative estimate of drug-likeness (QED) is 0.709. The molecule has 0 aromatic carbocycles. The predicted octanol–water partition coefficient (Wildman–Crippen LogP) is 0.906. The number of hydrogen-bond acceptors (Lipinski definition) is 3. The van der Waals surface area contributed by atoms with Crippen LogP contribution in [0, 0.1) is 0 Å². The van der Waals surface area contributed by atoms with Crippen LogP contribution in [-0.2, 0) is 4.74 Å². The number of carbonyl (C=O) groups excluding carboxylic acids is 1. The Bertz CT molecular complexity index is 149.